The summed E-state index contributed by atoms with van der Waals surface area (Å²) in [4.78, 5) is 25.8. The van der Waals surface area contributed by atoms with Gasteiger partial charge in [-0.3, -0.25) is 4.79 Å². The highest BCUT2D eigenvalue weighted by molar-refractivity contribution is 7.21. The van der Waals surface area contributed by atoms with Gasteiger partial charge in [0, 0.05) is 32.4 Å². The molecular weight excluding hydrogens is 328 g/mol. The van der Waals surface area contributed by atoms with Crippen molar-refractivity contribution in [2.45, 2.75) is 6.92 Å². The number of hydrogen-bond donors (Lipinski definition) is 0. The monoisotopic (exact) mass is 344 g/mol. The molecule has 118 valence electrons. The Hall–Kier alpha value is -1.99. The highest BCUT2D eigenvalue weighted by Gasteiger charge is 2.21. The molecule has 0 atom stereocenters. The number of aryl methyl sites for hydroxylation is 1. The minimum absolute atomic E-state index is 0.114. The highest BCUT2D eigenvalue weighted by atomic mass is 32.1. The molecule has 0 aliphatic carbocycles. The summed E-state index contributed by atoms with van der Waals surface area (Å²) in [7, 11) is 0. The molecule has 0 spiro atoms. The third-order valence-corrected chi connectivity index (χ3v) is 6.01. The molecule has 7 heteroatoms. The first-order valence-corrected chi connectivity index (χ1v) is 9.22. The minimum Gasteiger partial charge on any atom is -0.353 e. The van der Waals surface area contributed by atoms with Gasteiger partial charge in [-0.05, 0) is 30.0 Å². The van der Waals surface area contributed by atoms with Crippen molar-refractivity contribution < 1.29 is 0 Å². The van der Waals surface area contributed by atoms with Gasteiger partial charge < -0.3 is 9.80 Å². The molecule has 5 nitrogen and oxygen atoms in total. The van der Waals surface area contributed by atoms with Gasteiger partial charge in [0.25, 0.3) is 4.74 Å². The van der Waals surface area contributed by atoms with Crippen LogP contribution >= 0.6 is 22.7 Å². The standard InChI is InChI=1S/C16H16N4OS2/c1-11-3-2-5-17-14(11)19-6-8-20(9-7-19)16-18-12-4-10-22-13(12)15(21)23-16/h2-5,10H,6-9H2,1H3. The Morgan fingerprint density at radius 1 is 1.13 bits per heavy atom. The first-order chi connectivity index (χ1) is 11.2. The summed E-state index contributed by atoms with van der Waals surface area (Å²) in [6, 6.07) is 5.98. The molecule has 0 radical (unpaired) electrons. The van der Waals surface area contributed by atoms with Crippen molar-refractivity contribution in [3.05, 3.63) is 44.9 Å². The van der Waals surface area contributed by atoms with Gasteiger partial charge in [-0.15, -0.1) is 11.3 Å². The summed E-state index contributed by atoms with van der Waals surface area (Å²) in [5, 5.41) is 2.76. The third kappa shape index (κ3) is 2.70. The fourth-order valence-corrected chi connectivity index (χ4v) is 4.60. The number of pyridine rings is 1. The van der Waals surface area contributed by atoms with E-state index in [9.17, 15) is 4.79 Å². The third-order valence-electron chi connectivity index (χ3n) is 4.06. The van der Waals surface area contributed by atoms with Crippen molar-refractivity contribution in [3.8, 4) is 0 Å². The Labute approximate surface area is 141 Å². The summed E-state index contributed by atoms with van der Waals surface area (Å²) in [6.45, 7) is 5.58. The molecule has 0 amide bonds. The summed E-state index contributed by atoms with van der Waals surface area (Å²) in [5.74, 6) is 1.06. The number of rotatable bonds is 2. The van der Waals surface area contributed by atoms with Gasteiger partial charge in [0.15, 0.2) is 5.13 Å². The SMILES string of the molecule is Cc1cccnc1N1CCN(c2nc3ccsc3c(=O)s2)CC1. The molecular formula is C16H16N4OS2. The maximum Gasteiger partial charge on any atom is 0.255 e. The smallest absolute Gasteiger partial charge is 0.255 e. The second kappa shape index (κ2) is 5.90. The lowest BCUT2D eigenvalue weighted by Crippen LogP contribution is -2.47. The zero-order chi connectivity index (χ0) is 15.8. The van der Waals surface area contributed by atoms with Crippen molar-refractivity contribution in [2.75, 3.05) is 36.0 Å². The van der Waals surface area contributed by atoms with Crippen LogP contribution in [0.1, 0.15) is 5.56 Å². The molecule has 0 aromatic carbocycles. The van der Waals surface area contributed by atoms with E-state index in [0.29, 0.717) is 0 Å². The van der Waals surface area contributed by atoms with Crippen LogP contribution in [-0.4, -0.2) is 36.1 Å². The summed E-state index contributed by atoms with van der Waals surface area (Å²) in [5.41, 5.74) is 2.01. The maximum absolute atomic E-state index is 12.2. The van der Waals surface area contributed by atoms with E-state index < -0.39 is 0 Å². The summed E-state index contributed by atoms with van der Waals surface area (Å²) in [6.07, 6.45) is 1.84. The lowest BCUT2D eigenvalue weighted by Gasteiger charge is -2.36. The normalized spacial score (nSPS) is 15.3. The van der Waals surface area contributed by atoms with Crippen LogP contribution in [0.3, 0.4) is 0 Å². The number of anilines is 2. The molecule has 1 fully saturated rings. The van der Waals surface area contributed by atoms with Gasteiger partial charge in [-0.1, -0.05) is 17.4 Å². The van der Waals surface area contributed by atoms with Crippen LogP contribution in [0.15, 0.2) is 34.6 Å². The van der Waals surface area contributed by atoms with Gasteiger partial charge in [0.05, 0.1) is 5.52 Å². The average molecular weight is 344 g/mol. The first kappa shape index (κ1) is 14.6. The molecule has 3 aromatic rings. The second-order valence-corrected chi connectivity index (χ2v) is 7.39. The van der Waals surface area contributed by atoms with Crippen LogP contribution in [0.5, 0.6) is 0 Å². The van der Waals surface area contributed by atoms with Crippen LogP contribution in [0.25, 0.3) is 10.2 Å². The maximum atomic E-state index is 12.2. The van der Waals surface area contributed by atoms with Crippen LogP contribution in [-0.2, 0) is 0 Å². The fourth-order valence-electron chi connectivity index (χ4n) is 2.85. The Bertz CT molecular complexity index is 896. The number of piperazine rings is 1. The lowest BCUT2D eigenvalue weighted by molar-refractivity contribution is 0.645. The van der Waals surface area contributed by atoms with E-state index in [0.717, 1.165) is 47.3 Å². The Balaban J connectivity index is 1.55. The number of fused-ring (bicyclic) bond motifs is 1. The number of nitrogens with zero attached hydrogens (tertiary/aromatic N) is 4. The molecule has 3 aromatic heterocycles. The number of hydrogen-bond acceptors (Lipinski definition) is 7. The van der Waals surface area contributed by atoms with Crippen LogP contribution in [0, 0.1) is 6.92 Å². The van der Waals surface area contributed by atoms with Crippen molar-refractivity contribution >= 4 is 43.8 Å². The van der Waals surface area contributed by atoms with Gasteiger partial charge in [-0.2, -0.15) is 0 Å². The topological polar surface area (TPSA) is 49.3 Å². The van der Waals surface area contributed by atoms with E-state index in [4.69, 9.17) is 0 Å². The van der Waals surface area contributed by atoms with Crippen molar-refractivity contribution in [2.24, 2.45) is 0 Å². The van der Waals surface area contributed by atoms with Crippen molar-refractivity contribution in [3.63, 3.8) is 0 Å². The van der Waals surface area contributed by atoms with E-state index in [1.807, 2.05) is 23.7 Å². The van der Waals surface area contributed by atoms with Gasteiger partial charge in [-0.25, -0.2) is 9.97 Å². The first-order valence-electron chi connectivity index (χ1n) is 7.52. The van der Waals surface area contributed by atoms with E-state index in [-0.39, 0.29) is 4.74 Å². The van der Waals surface area contributed by atoms with E-state index in [2.05, 4.69) is 32.8 Å². The Kier molecular flexibility index (Phi) is 3.74. The predicted molar refractivity (Wildman–Crippen MR) is 97.2 cm³/mol. The second-order valence-electron chi connectivity index (χ2n) is 5.54. The largest absolute Gasteiger partial charge is 0.353 e. The van der Waals surface area contributed by atoms with Gasteiger partial charge >= 0.3 is 0 Å². The molecule has 0 bridgehead atoms. The molecule has 23 heavy (non-hydrogen) atoms. The predicted octanol–water partition coefficient (Wildman–Crippen LogP) is 2.75. The molecule has 1 aliphatic rings. The van der Waals surface area contributed by atoms with Gasteiger partial charge in [0.1, 0.15) is 10.5 Å². The number of thiophene rings is 1. The molecule has 4 heterocycles. The van der Waals surface area contributed by atoms with E-state index in [1.54, 1.807) is 0 Å². The summed E-state index contributed by atoms with van der Waals surface area (Å²) >= 11 is 2.72. The highest BCUT2D eigenvalue weighted by Crippen LogP contribution is 2.24. The van der Waals surface area contributed by atoms with Crippen LogP contribution in [0.4, 0.5) is 10.9 Å². The summed E-state index contributed by atoms with van der Waals surface area (Å²) < 4.78 is 0.879. The zero-order valence-corrected chi connectivity index (χ0v) is 14.4. The Morgan fingerprint density at radius 2 is 1.91 bits per heavy atom. The molecule has 0 unspecified atom stereocenters. The Morgan fingerprint density at radius 3 is 2.70 bits per heavy atom. The number of aromatic nitrogens is 2. The fraction of sp³-hybridized carbons (Fsp3) is 0.312. The average Bonchev–Trinajstić information content (AvgIpc) is 3.05. The molecule has 1 aliphatic heterocycles. The molecule has 1 saturated heterocycles. The molecule has 0 saturated carbocycles. The van der Waals surface area contributed by atoms with Crippen LogP contribution in [0.2, 0.25) is 0 Å². The van der Waals surface area contributed by atoms with E-state index in [1.165, 1.54) is 28.2 Å². The lowest BCUT2D eigenvalue weighted by atomic mass is 10.2. The quantitative estimate of drug-likeness (QED) is 0.715. The zero-order valence-electron chi connectivity index (χ0n) is 12.7. The van der Waals surface area contributed by atoms with Gasteiger partial charge in [0.2, 0.25) is 0 Å². The van der Waals surface area contributed by atoms with Crippen LogP contribution < -0.4 is 14.5 Å². The van der Waals surface area contributed by atoms with Crippen molar-refractivity contribution in [1.82, 2.24) is 9.97 Å². The van der Waals surface area contributed by atoms with E-state index >= 15 is 0 Å². The minimum atomic E-state index is 0.114. The molecule has 4 rings (SSSR count). The molecule has 0 N–H and O–H groups in total. The van der Waals surface area contributed by atoms with Crippen molar-refractivity contribution in [1.29, 1.82) is 0 Å².